The van der Waals surface area contributed by atoms with E-state index in [0.29, 0.717) is 5.52 Å². The van der Waals surface area contributed by atoms with Crippen LogP contribution in [-0.2, 0) is 16.6 Å². The number of phenols is 1. The van der Waals surface area contributed by atoms with Gasteiger partial charge in [0.15, 0.2) is 0 Å². The first kappa shape index (κ1) is 18.6. The van der Waals surface area contributed by atoms with Gasteiger partial charge in [-0.1, -0.05) is 37.3 Å². The maximum absolute atomic E-state index is 13.1. The number of H-pyrrole nitrogens is 1. The van der Waals surface area contributed by atoms with Crippen molar-refractivity contribution in [1.82, 2.24) is 13.6 Å². The van der Waals surface area contributed by atoms with E-state index in [2.05, 4.69) is 18.0 Å². The lowest BCUT2D eigenvalue weighted by molar-refractivity contribution is 0.403. The number of rotatable bonds is 4. The molecule has 0 saturated carbocycles. The average molecular weight is 398 g/mol. The first-order chi connectivity index (χ1) is 13.3. The van der Waals surface area contributed by atoms with Crippen molar-refractivity contribution < 1.29 is 13.5 Å². The van der Waals surface area contributed by atoms with Crippen molar-refractivity contribution in [3.05, 3.63) is 71.0 Å². The highest BCUT2D eigenvalue weighted by Crippen LogP contribution is 2.42. The van der Waals surface area contributed by atoms with E-state index >= 15 is 0 Å². The molecular formula is C21H23N3O3S. The van der Waals surface area contributed by atoms with Crippen LogP contribution in [0.15, 0.2) is 48.8 Å². The summed E-state index contributed by atoms with van der Waals surface area (Å²) in [6, 6.07) is 10.9. The molecule has 1 aliphatic heterocycles. The zero-order chi connectivity index (χ0) is 20.1. The second-order valence-corrected chi connectivity index (χ2v) is 9.15. The smallest absolute Gasteiger partial charge is 0.303 e. The van der Waals surface area contributed by atoms with Crippen molar-refractivity contribution in [3.63, 3.8) is 0 Å². The molecule has 4 rings (SSSR count). The molecule has 0 saturated heterocycles. The monoisotopic (exact) mass is 397 g/mol. The number of hydrogen-bond donors (Lipinski definition) is 2. The fourth-order valence-corrected chi connectivity index (χ4v) is 4.79. The van der Waals surface area contributed by atoms with Gasteiger partial charge in [-0.25, -0.2) is 0 Å². The van der Waals surface area contributed by atoms with Gasteiger partial charge in [-0.15, -0.1) is 0 Å². The van der Waals surface area contributed by atoms with Crippen LogP contribution < -0.4 is 0 Å². The number of aromatic amines is 1. The zero-order valence-electron chi connectivity index (χ0n) is 16.0. The Morgan fingerprint density at radius 2 is 1.96 bits per heavy atom. The molecule has 2 aromatic carbocycles. The molecule has 0 spiro atoms. The highest BCUT2D eigenvalue weighted by atomic mass is 32.2. The zero-order valence-corrected chi connectivity index (χ0v) is 16.9. The van der Waals surface area contributed by atoms with E-state index in [1.165, 1.54) is 28.3 Å². The third kappa shape index (κ3) is 2.78. The van der Waals surface area contributed by atoms with E-state index in [0.717, 1.165) is 28.5 Å². The molecule has 2 heterocycles. The van der Waals surface area contributed by atoms with Crippen molar-refractivity contribution in [3.8, 4) is 5.75 Å². The minimum Gasteiger partial charge on any atom is -0.506 e. The maximum Gasteiger partial charge on any atom is 0.303 e. The van der Waals surface area contributed by atoms with Gasteiger partial charge in [-0.05, 0) is 35.3 Å². The fourth-order valence-electron chi connectivity index (χ4n) is 3.70. The lowest BCUT2D eigenvalue weighted by Gasteiger charge is -2.35. The molecule has 0 aliphatic carbocycles. The minimum atomic E-state index is -3.71. The maximum atomic E-state index is 13.1. The Morgan fingerprint density at radius 1 is 1.18 bits per heavy atom. The number of hydrogen-bond acceptors (Lipinski definition) is 3. The number of fused-ring (bicyclic) bond motifs is 2. The van der Waals surface area contributed by atoms with Crippen LogP contribution in [0.1, 0.15) is 35.2 Å². The third-order valence-electron chi connectivity index (χ3n) is 5.26. The van der Waals surface area contributed by atoms with Crippen LogP contribution in [0, 0.1) is 0 Å². The molecule has 0 bridgehead atoms. The van der Waals surface area contributed by atoms with E-state index in [-0.39, 0.29) is 5.75 Å². The first-order valence-electron chi connectivity index (χ1n) is 9.15. The predicted molar refractivity (Wildman–Crippen MR) is 111 cm³/mol. The summed E-state index contributed by atoms with van der Waals surface area (Å²) < 4.78 is 28.7. The number of aromatic nitrogens is 1. The van der Waals surface area contributed by atoms with Crippen LogP contribution in [0.25, 0.3) is 17.0 Å². The van der Waals surface area contributed by atoms with E-state index in [1.54, 1.807) is 24.5 Å². The van der Waals surface area contributed by atoms with Crippen molar-refractivity contribution in [2.24, 2.45) is 0 Å². The number of phenolic OH excluding ortho intramolecular Hbond substituents is 1. The Kier molecular flexibility index (Phi) is 4.44. The number of aryl methyl sites for hydroxylation is 1. The summed E-state index contributed by atoms with van der Waals surface area (Å²) in [6.07, 6.45) is 6.16. The molecule has 3 aromatic rings. The number of para-hydroxylation sites is 1. The fraction of sp³-hybridized carbons (Fsp3) is 0.238. The van der Waals surface area contributed by atoms with Gasteiger partial charge in [0.1, 0.15) is 5.75 Å². The number of aromatic hydroxyl groups is 1. The van der Waals surface area contributed by atoms with Gasteiger partial charge in [-0.3, -0.25) is 4.31 Å². The van der Waals surface area contributed by atoms with Gasteiger partial charge in [-0.2, -0.15) is 12.7 Å². The molecule has 6 nitrogen and oxygen atoms in total. The summed E-state index contributed by atoms with van der Waals surface area (Å²) in [4.78, 5) is 3.10. The second kappa shape index (κ2) is 6.68. The van der Waals surface area contributed by atoms with Crippen molar-refractivity contribution >= 4 is 27.2 Å². The quantitative estimate of drug-likeness (QED) is 0.706. The standard InChI is InChI=1S/C21H23N3O3S/c1-4-14-8-9-16-15(12-14)10-11-24(28(26,27)23(2)3)21(16)18-13-22-20-17(18)6-5-7-19(20)25/h5-13,21-22,25H,4H2,1-3H3. The molecular weight excluding hydrogens is 374 g/mol. The third-order valence-corrected chi connectivity index (χ3v) is 7.05. The molecule has 7 heteroatoms. The average Bonchev–Trinajstić information content (AvgIpc) is 3.11. The van der Waals surface area contributed by atoms with Gasteiger partial charge < -0.3 is 10.1 Å². The van der Waals surface area contributed by atoms with Crippen molar-refractivity contribution in [1.29, 1.82) is 0 Å². The van der Waals surface area contributed by atoms with Gasteiger partial charge >= 0.3 is 10.2 Å². The van der Waals surface area contributed by atoms with Crippen LogP contribution in [-0.4, -0.2) is 41.2 Å². The highest BCUT2D eigenvalue weighted by molar-refractivity contribution is 7.86. The number of nitrogens with one attached hydrogen (secondary N) is 1. The Balaban J connectivity index is 1.98. The normalized spacial score (nSPS) is 16.7. The van der Waals surface area contributed by atoms with Crippen molar-refractivity contribution in [2.75, 3.05) is 14.1 Å². The van der Waals surface area contributed by atoms with Gasteiger partial charge in [0, 0.05) is 37.4 Å². The van der Waals surface area contributed by atoms with Gasteiger partial charge in [0.25, 0.3) is 0 Å². The molecule has 0 fully saturated rings. The first-order valence-corrected chi connectivity index (χ1v) is 10.5. The lowest BCUT2D eigenvalue weighted by Crippen LogP contribution is -2.40. The predicted octanol–water partition coefficient (Wildman–Crippen LogP) is 3.62. The van der Waals surface area contributed by atoms with E-state index < -0.39 is 16.3 Å². The number of nitrogens with zero attached hydrogens (tertiary/aromatic N) is 2. The van der Waals surface area contributed by atoms with Crippen molar-refractivity contribution in [2.45, 2.75) is 19.4 Å². The largest absolute Gasteiger partial charge is 0.506 e. The molecule has 0 amide bonds. The number of benzene rings is 2. The minimum absolute atomic E-state index is 0.138. The summed E-state index contributed by atoms with van der Waals surface area (Å²) in [7, 11) is -0.659. The Bertz CT molecular complexity index is 1180. The molecule has 146 valence electrons. The Labute approximate surface area is 164 Å². The Morgan fingerprint density at radius 3 is 2.68 bits per heavy atom. The van der Waals surface area contributed by atoms with E-state index in [9.17, 15) is 13.5 Å². The molecule has 0 radical (unpaired) electrons. The van der Waals surface area contributed by atoms with E-state index in [4.69, 9.17) is 0 Å². The SMILES string of the molecule is CCc1ccc2c(c1)C=CN(S(=O)(=O)N(C)C)C2c1c[nH]c2c(O)cccc12. The van der Waals surface area contributed by atoms with Crippen LogP contribution in [0.3, 0.4) is 0 Å². The molecule has 28 heavy (non-hydrogen) atoms. The van der Waals surface area contributed by atoms with Gasteiger partial charge in [0.05, 0.1) is 11.6 Å². The molecule has 1 aliphatic rings. The van der Waals surface area contributed by atoms with Gasteiger partial charge in [0.2, 0.25) is 0 Å². The summed E-state index contributed by atoms with van der Waals surface area (Å²) in [5.74, 6) is 0.138. The molecule has 1 unspecified atom stereocenters. The molecule has 2 N–H and O–H groups in total. The van der Waals surface area contributed by atoms with E-state index in [1.807, 2.05) is 24.3 Å². The molecule has 1 aromatic heterocycles. The summed E-state index contributed by atoms with van der Waals surface area (Å²) in [6.45, 7) is 2.09. The topological polar surface area (TPSA) is 76.6 Å². The Hall–Kier alpha value is -2.77. The van der Waals surface area contributed by atoms with Crippen LogP contribution in [0.5, 0.6) is 5.75 Å². The summed E-state index contributed by atoms with van der Waals surface area (Å²) in [5.41, 5.74) is 4.51. The molecule has 1 atom stereocenters. The van der Waals surface area contributed by atoms with Crippen LogP contribution in [0.4, 0.5) is 0 Å². The highest BCUT2D eigenvalue weighted by Gasteiger charge is 2.36. The second-order valence-electron chi connectivity index (χ2n) is 7.10. The summed E-state index contributed by atoms with van der Waals surface area (Å²) >= 11 is 0. The van der Waals surface area contributed by atoms with Crippen LogP contribution in [0.2, 0.25) is 0 Å². The summed E-state index contributed by atoms with van der Waals surface area (Å²) in [5, 5.41) is 11.0. The van der Waals surface area contributed by atoms with Crippen LogP contribution >= 0.6 is 0 Å². The lowest BCUT2D eigenvalue weighted by atomic mass is 9.90.